The summed E-state index contributed by atoms with van der Waals surface area (Å²) in [6.07, 6.45) is 10.0. The number of Topliss-reactive ketones (excluding diaryl/α,β-unsaturated/α-hetero) is 2. The third-order valence-corrected chi connectivity index (χ3v) is 7.71. The number of phosphoric acid groups is 1. The zero-order valence-corrected chi connectivity index (χ0v) is 24.0. The maximum Gasteiger partial charge on any atom is 0.472 e. The van der Waals surface area contributed by atoms with Crippen LogP contribution in [0.1, 0.15) is 112 Å². The first-order valence-electron chi connectivity index (χ1n) is 14.2. The zero-order chi connectivity index (χ0) is 27.6. The van der Waals surface area contributed by atoms with E-state index in [1.165, 1.54) is 6.42 Å². The standard InChI is InChI=1S/C31H45O6P/c1-3-5-7-9-11-19-25-36-38(34,35)37-28(24-18-10-8-6-4-2)29(30(32)26-20-14-12-15-21-26)31(33)27-22-16-13-17-23-27/h12-17,20-23,28-29H,3-11,18-19,24-25H2,1-2H3,(H,34,35). The van der Waals surface area contributed by atoms with Crippen LogP contribution in [-0.4, -0.2) is 29.2 Å². The van der Waals surface area contributed by atoms with Crippen LogP contribution < -0.4 is 0 Å². The van der Waals surface area contributed by atoms with Gasteiger partial charge in [0, 0.05) is 11.1 Å². The number of rotatable bonds is 21. The lowest BCUT2D eigenvalue weighted by atomic mass is 9.84. The molecule has 0 aliphatic carbocycles. The summed E-state index contributed by atoms with van der Waals surface area (Å²) in [5, 5.41) is 0. The first kappa shape index (κ1) is 32.1. The predicted molar refractivity (Wildman–Crippen MR) is 152 cm³/mol. The predicted octanol–water partition coefficient (Wildman–Crippen LogP) is 8.59. The number of phosphoric ester groups is 1. The summed E-state index contributed by atoms with van der Waals surface area (Å²) in [5.41, 5.74) is 0.726. The molecular weight excluding hydrogens is 499 g/mol. The Hall–Kier alpha value is -2.11. The normalized spacial score (nSPS) is 13.8. The van der Waals surface area contributed by atoms with Gasteiger partial charge in [0.1, 0.15) is 5.92 Å². The van der Waals surface area contributed by atoms with Crippen molar-refractivity contribution in [1.82, 2.24) is 0 Å². The minimum Gasteiger partial charge on any atom is -0.302 e. The van der Waals surface area contributed by atoms with Crippen molar-refractivity contribution in [2.45, 2.75) is 97.0 Å². The summed E-state index contributed by atoms with van der Waals surface area (Å²) in [5.74, 6) is -2.10. The fraction of sp³-hybridized carbons (Fsp3) is 0.548. The minimum atomic E-state index is -4.49. The number of benzene rings is 2. The van der Waals surface area contributed by atoms with Crippen LogP contribution in [0, 0.1) is 5.92 Å². The summed E-state index contributed by atoms with van der Waals surface area (Å²) in [4.78, 5) is 38.0. The van der Waals surface area contributed by atoms with Crippen molar-refractivity contribution in [3.8, 4) is 0 Å². The summed E-state index contributed by atoms with van der Waals surface area (Å²) < 4.78 is 24.0. The molecule has 38 heavy (non-hydrogen) atoms. The van der Waals surface area contributed by atoms with Crippen LogP contribution in [0.25, 0.3) is 0 Å². The van der Waals surface area contributed by atoms with Gasteiger partial charge in [0.25, 0.3) is 0 Å². The van der Waals surface area contributed by atoms with Gasteiger partial charge in [-0.2, -0.15) is 0 Å². The van der Waals surface area contributed by atoms with Crippen molar-refractivity contribution in [2.75, 3.05) is 6.61 Å². The van der Waals surface area contributed by atoms with Crippen molar-refractivity contribution >= 4 is 19.4 Å². The smallest absolute Gasteiger partial charge is 0.302 e. The first-order valence-corrected chi connectivity index (χ1v) is 15.7. The third-order valence-electron chi connectivity index (χ3n) is 6.67. The van der Waals surface area contributed by atoms with Gasteiger partial charge in [-0.3, -0.25) is 18.6 Å². The van der Waals surface area contributed by atoms with E-state index < -0.39 is 31.4 Å². The number of unbranched alkanes of at least 4 members (excludes halogenated alkanes) is 9. The SMILES string of the molecule is CCCCCCCCOP(=O)(O)OC(CCCCCCC)C(C(=O)c1ccccc1)C(=O)c1ccccc1. The van der Waals surface area contributed by atoms with Gasteiger partial charge in [-0.15, -0.1) is 0 Å². The van der Waals surface area contributed by atoms with Gasteiger partial charge in [0.05, 0.1) is 12.7 Å². The van der Waals surface area contributed by atoms with Gasteiger partial charge in [-0.25, -0.2) is 4.57 Å². The molecule has 2 unspecified atom stereocenters. The fourth-order valence-electron chi connectivity index (χ4n) is 4.51. The van der Waals surface area contributed by atoms with E-state index in [1.807, 2.05) is 0 Å². The van der Waals surface area contributed by atoms with Crippen LogP contribution in [-0.2, 0) is 13.6 Å². The molecule has 0 saturated heterocycles. The van der Waals surface area contributed by atoms with E-state index in [1.54, 1.807) is 60.7 Å². The van der Waals surface area contributed by atoms with Gasteiger partial charge in [0.2, 0.25) is 0 Å². The van der Waals surface area contributed by atoms with Crippen LogP contribution in [0.5, 0.6) is 0 Å². The van der Waals surface area contributed by atoms with E-state index in [0.717, 1.165) is 51.4 Å². The number of hydrogen-bond acceptors (Lipinski definition) is 5. The molecule has 0 aliphatic heterocycles. The molecule has 7 heteroatoms. The van der Waals surface area contributed by atoms with Gasteiger partial charge < -0.3 is 4.89 Å². The molecule has 1 N–H and O–H groups in total. The summed E-state index contributed by atoms with van der Waals surface area (Å²) in [6, 6.07) is 17.1. The summed E-state index contributed by atoms with van der Waals surface area (Å²) in [7, 11) is -4.49. The highest BCUT2D eigenvalue weighted by molar-refractivity contribution is 7.47. The largest absolute Gasteiger partial charge is 0.472 e. The first-order chi connectivity index (χ1) is 18.4. The maximum atomic E-state index is 13.7. The van der Waals surface area contributed by atoms with Crippen LogP contribution in [0.3, 0.4) is 0 Å². The number of ketones is 2. The van der Waals surface area contributed by atoms with Crippen LogP contribution in [0.2, 0.25) is 0 Å². The van der Waals surface area contributed by atoms with Gasteiger partial charge in [-0.05, 0) is 12.8 Å². The molecule has 2 aromatic rings. The van der Waals surface area contributed by atoms with E-state index in [9.17, 15) is 19.0 Å². The summed E-state index contributed by atoms with van der Waals surface area (Å²) in [6.45, 7) is 4.37. The van der Waals surface area contributed by atoms with Crippen LogP contribution >= 0.6 is 7.82 Å². The highest BCUT2D eigenvalue weighted by atomic mass is 31.2. The maximum absolute atomic E-state index is 13.7. The van der Waals surface area contributed by atoms with Crippen molar-refractivity contribution in [1.29, 1.82) is 0 Å². The molecule has 0 spiro atoms. The highest BCUT2D eigenvalue weighted by Gasteiger charge is 2.40. The number of carbonyl (C=O) groups excluding carboxylic acids is 2. The monoisotopic (exact) mass is 544 g/mol. The lowest BCUT2D eigenvalue weighted by molar-refractivity contribution is 0.0471. The molecule has 0 aromatic heterocycles. The Kier molecular flexibility index (Phi) is 15.4. The average Bonchev–Trinajstić information content (AvgIpc) is 2.93. The Morgan fingerprint density at radius 1 is 0.711 bits per heavy atom. The van der Waals surface area contributed by atoms with E-state index in [-0.39, 0.29) is 6.61 Å². The number of carbonyl (C=O) groups is 2. The number of hydrogen-bond donors (Lipinski definition) is 1. The average molecular weight is 545 g/mol. The Morgan fingerprint density at radius 2 is 1.16 bits per heavy atom. The van der Waals surface area contributed by atoms with Crippen LogP contribution in [0.4, 0.5) is 0 Å². The second-order valence-corrected chi connectivity index (χ2v) is 11.3. The zero-order valence-electron chi connectivity index (χ0n) is 23.1. The Bertz CT molecular complexity index is 927. The quantitative estimate of drug-likeness (QED) is 0.0732. The van der Waals surface area contributed by atoms with E-state index in [0.29, 0.717) is 30.4 Å². The Labute approximate surface area is 228 Å². The van der Waals surface area contributed by atoms with E-state index >= 15 is 0 Å². The van der Waals surface area contributed by atoms with Crippen molar-refractivity contribution in [3.05, 3.63) is 71.8 Å². The lowest BCUT2D eigenvalue weighted by Crippen LogP contribution is -2.37. The Balaban J connectivity index is 2.24. The van der Waals surface area contributed by atoms with Gasteiger partial charge in [-0.1, -0.05) is 139 Å². The molecule has 2 rings (SSSR count). The molecule has 0 fully saturated rings. The molecule has 6 nitrogen and oxygen atoms in total. The molecule has 2 atom stereocenters. The fourth-order valence-corrected chi connectivity index (χ4v) is 5.50. The Morgan fingerprint density at radius 3 is 1.66 bits per heavy atom. The topological polar surface area (TPSA) is 89.9 Å². The molecule has 0 radical (unpaired) electrons. The molecule has 0 bridgehead atoms. The molecule has 2 aromatic carbocycles. The van der Waals surface area contributed by atoms with E-state index in [4.69, 9.17) is 9.05 Å². The van der Waals surface area contributed by atoms with Crippen molar-refractivity contribution in [3.63, 3.8) is 0 Å². The van der Waals surface area contributed by atoms with Gasteiger partial charge >= 0.3 is 7.82 Å². The molecule has 0 amide bonds. The van der Waals surface area contributed by atoms with Gasteiger partial charge in [0.15, 0.2) is 11.6 Å². The molecule has 0 aliphatic rings. The lowest BCUT2D eigenvalue weighted by Gasteiger charge is -2.27. The van der Waals surface area contributed by atoms with Crippen molar-refractivity contribution in [2.24, 2.45) is 5.92 Å². The third kappa shape index (κ3) is 11.7. The molecule has 0 heterocycles. The second kappa shape index (κ2) is 18.2. The molecule has 210 valence electrons. The highest BCUT2D eigenvalue weighted by Crippen LogP contribution is 2.47. The van der Waals surface area contributed by atoms with Crippen molar-refractivity contribution < 1.29 is 28.1 Å². The summed E-state index contributed by atoms with van der Waals surface area (Å²) >= 11 is 0. The minimum absolute atomic E-state index is 0.0903. The molecule has 0 saturated carbocycles. The van der Waals surface area contributed by atoms with E-state index in [2.05, 4.69) is 13.8 Å². The molecular formula is C31H45O6P. The van der Waals surface area contributed by atoms with Crippen LogP contribution in [0.15, 0.2) is 60.7 Å². The second-order valence-electron chi connectivity index (χ2n) is 9.85.